The highest BCUT2D eigenvalue weighted by atomic mass is 32.2. The lowest BCUT2D eigenvalue weighted by molar-refractivity contribution is 0.101. The maximum absolute atomic E-state index is 11.2. The van der Waals surface area contributed by atoms with E-state index in [1.807, 2.05) is 10.8 Å². The van der Waals surface area contributed by atoms with Crippen LogP contribution in [0, 0.1) is 0 Å². The molecule has 2 heterocycles. The molecule has 0 aromatic carbocycles. The molecule has 0 aliphatic carbocycles. The summed E-state index contributed by atoms with van der Waals surface area (Å²) in [6.07, 6.45) is 0. The molecule has 1 N–H and O–H groups in total. The number of carbonyl (C=O) groups excluding carboxylic acids is 1. The summed E-state index contributed by atoms with van der Waals surface area (Å²) >= 11 is 3.15. The average Bonchev–Trinajstić information content (AvgIpc) is 2.61. The summed E-state index contributed by atoms with van der Waals surface area (Å²) in [7, 11) is 0. The van der Waals surface area contributed by atoms with Crippen LogP contribution in [0.4, 0.5) is 0 Å². The van der Waals surface area contributed by atoms with Crippen molar-refractivity contribution >= 4 is 37.9 Å². The minimum absolute atomic E-state index is 0.0109. The molecule has 2 aromatic heterocycles. The first-order valence-electron chi connectivity index (χ1n) is 3.83. The van der Waals surface area contributed by atoms with E-state index in [0.29, 0.717) is 0 Å². The summed E-state index contributed by atoms with van der Waals surface area (Å²) in [4.78, 5) is 11.2. The fourth-order valence-electron chi connectivity index (χ4n) is 1.29. The molecule has 4 heteroatoms. The van der Waals surface area contributed by atoms with Gasteiger partial charge in [-0.2, -0.15) is 0 Å². The summed E-state index contributed by atoms with van der Waals surface area (Å²) in [5.41, 5.74) is 1.61. The third kappa shape index (κ3) is 1.31. The number of ketones is 1. The smallest absolute Gasteiger partial charge is 0.161 e. The van der Waals surface area contributed by atoms with Crippen LogP contribution in [0.1, 0.15) is 22.8 Å². The highest BCUT2D eigenvalue weighted by Crippen LogP contribution is 2.34. The third-order valence-electron chi connectivity index (χ3n) is 1.94. The standard InChI is InChI=1S/C9H8O2S2/c1-5(11)7-4-13-9-8(7)6(2-10)3-12-9/h3-4,10H,2H2,1H3. The van der Waals surface area contributed by atoms with E-state index in [-0.39, 0.29) is 12.4 Å². The molecule has 0 saturated carbocycles. The number of rotatable bonds is 2. The van der Waals surface area contributed by atoms with Gasteiger partial charge >= 0.3 is 0 Å². The molecule has 0 spiro atoms. The van der Waals surface area contributed by atoms with Gasteiger partial charge in [-0.1, -0.05) is 0 Å². The second kappa shape index (κ2) is 3.21. The SMILES string of the molecule is CC(=O)c1csc2scc(CO)c12. The van der Waals surface area contributed by atoms with Crippen molar-refractivity contribution in [2.24, 2.45) is 0 Å². The number of thiophene rings is 2. The molecule has 0 fully saturated rings. The van der Waals surface area contributed by atoms with Crippen LogP contribution in [0.5, 0.6) is 0 Å². The molecule has 0 aliphatic heterocycles. The molecular formula is C9H8O2S2. The zero-order valence-corrected chi connectivity index (χ0v) is 8.67. The zero-order chi connectivity index (χ0) is 9.42. The van der Waals surface area contributed by atoms with Gasteiger partial charge in [0, 0.05) is 16.3 Å². The maximum atomic E-state index is 11.2. The topological polar surface area (TPSA) is 37.3 Å². The quantitative estimate of drug-likeness (QED) is 0.777. The molecule has 2 nitrogen and oxygen atoms in total. The van der Waals surface area contributed by atoms with Gasteiger partial charge in [0.25, 0.3) is 0 Å². The number of fused-ring (bicyclic) bond motifs is 1. The number of Topliss-reactive ketones (excluding diaryl/α,β-unsaturated/α-hetero) is 1. The molecular weight excluding hydrogens is 204 g/mol. The zero-order valence-electron chi connectivity index (χ0n) is 7.03. The molecule has 0 amide bonds. The molecule has 0 radical (unpaired) electrons. The van der Waals surface area contributed by atoms with Gasteiger partial charge in [0.2, 0.25) is 0 Å². The van der Waals surface area contributed by atoms with Crippen LogP contribution in [0.2, 0.25) is 0 Å². The summed E-state index contributed by atoms with van der Waals surface area (Å²) in [5.74, 6) is 0.0688. The Bertz CT molecular complexity index is 453. The lowest BCUT2D eigenvalue weighted by Gasteiger charge is -1.92. The van der Waals surface area contributed by atoms with Crippen molar-refractivity contribution < 1.29 is 9.90 Å². The van der Waals surface area contributed by atoms with Crippen LogP contribution in [0.25, 0.3) is 9.40 Å². The van der Waals surface area contributed by atoms with Gasteiger partial charge in [-0.15, -0.1) is 22.7 Å². The molecule has 2 aromatic rings. The van der Waals surface area contributed by atoms with Crippen LogP contribution in [-0.2, 0) is 6.61 Å². The van der Waals surface area contributed by atoms with E-state index in [9.17, 15) is 4.79 Å². The molecule has 2 rings (SSSR count). The second-order valence-electron chi connectivity index (χ2n) is 2.79. The Kier molecular flexibility index (Phi) is 2.19. The summed E-state index contributed by atoms with van der Waals surface area (Å²) < 4.78 is 1.12. The van der Waals surface area contributed by atoms with E-state index in [1.54, 1.807) is 29.6 Å². The van der Waals surface area contributed by atoms with Gasteiger partial charge in [-0.05, 0) is 17.9 Å². The molecule has 13 heavy (non-hydrogen) atoms. The van der Waals surface area contributed by atoms with E-state index in [0.717, 1.165) is 20.5 Å². The normalized spacial score (nSPS) is 10.9. The van der Waals surface area contributed by atoms with Gasteiger partial charge in [0.15, 0.2) is 5.78 Å². The molecule has 0 unspecified atom stereocenters. The van der Waals surface area contributed by atoms with E-state index in [4.69, 9.17) is 5.11 Å². The van der Waals surface area contributed by atoms with Crippen LogP contribution >= 0.6 is 22.7 Å². The van der Waals surface area contributed by atoms with Crippen molar-refractivity contribution in [1.29, 1.82) is 0 Å². The maximum Gasteiger partial charge on any atom is 0.161 e. The third-order valence-corrected chi connectivity index (χ3v) is 4.11. The Hall–Kier alpha value is -0.710. The largest absolute Gasteiger partial charge is 0.392 e. The van der Waals surface area contributed by atoms with Crippen LogP contribution in [-0.4, -0.2) is 10.9 Å². The summed E-state index contributed by atoms with van der Waals surface area (Å²) in [5, 5.41) is 13.8. The number of aliphatic hydroxyl groups excluding tert-OH is 1. The fourth-order valence-corrected chi connectivity index (χ4v) is 3.47. The number of hydrogen-bond acceptors (Lipinski definition) is 4. The van der Waals surface area contributed by atoms with E-state index in [1.165, 1.54) is 0 Å². The van der Waals surface area contributed by atoms with Crippen molar-refractivity contribution in [2.45, 2.75) is 13.5 Å². The minimum atomic E-state index is 0.0109. The van der Waals surface area contributed by atoms with Crippen molar-refractivity contribution in [3.8, 4) is 0 Å². The van der Waals surface area contributed by atoms with Crippen molar-refractivity contribution in [2.75, 3.05) is 0 Å². The van der Waals surface area contributed by atoms with Crippen molar-refractivity contribution in [3.05, 3.63) is 21.9 Å². The van der Waals surface area contributed by atoms with E-state index < -0.39 is 0 Å². The van der Waals surface area contributed by atoms with Gasteiger partial charge < -0.3 is 5.11 Å². The van der Waals surface area contributed by atoms with Crippen LogP contribution < -0.4 is 0 Å². The average molecular weight is 212 g/mol. The lowest BCUT2D eigenvalue weighted by atomic mass is 10.1. The van der Waals surface area contributed by atoms with Crippen LogP contribution in [0.15, 0.2) is 10.8 Å². The molecule has 0 saturated heterocycles. The van der Waals surface area contributed by atoms with Crippen molar-refractivity contribution in [1.82, 2.24) is 0 Å². The van der Waals surface area contributed by atoms with Gasteiger partial charge in [0.1, 0.15) is 0 Å². The Morgan fingerprint density at radius 1 is 1.46 bits per heavy atom. The highest BCUT2D eigenvalue weighted by Gasteiger charge is 2.13. The number of carbonyl (C=O) groups is 1. The fraction of sp³-hybridized carbons (Fsp3) is 0.222. The van der Waals surface area contributed by atoms with Crippen molar-refractivity contribution in [3.63, 3.8) is 0 Å². The lowest BCUT2D eigenvalue weighted by Crippen LogP contribution is -1.90. The van der Waals surface area contributed by atoms with E-state index in [2.05, 4.69) is 0 Å². The first-order chi connectivity index (χ1) is 6.24. The Morgan fingerprint density at radius 3 is 2.77 bits per heavy atom. The second-order valence-corrected chi connectivity index (χ2v) is 4.80. The Balaban J connectivity index is 2.75. The first-order valence-corrected chi connectivity index (χ1v) is 5.59. The monoisotopic (exact) mass is 212 g/mol. The predicted molar refractivity (Wildman–Crippen MR) is 55.6 cm³/mol. The molecule has 68 valence electrons. The number of aliphatic hydroxyl groups is 1. The number of hydrogen-bond donors (Lipinski definition) is 1. The van der Waals surface area contributed by atoms with Crippen LogP contribution in [0.3, 0.4) is 0 Å². The van der Waals surface area contributed by atoms with E-state index >= 15 is 0 Å². The van der Waals surface area contributed by atoms with Gasteiger partial charge in [-0.3, -0.25) is 4.79 Å². The predicted octanol–water partition coefficient (Wildman–Crippen LogP) is 2.66. The summed E-state index contributed by atoms with van der Waals surface area (Å²) in [6.45, 7) is 1.57. The summed E-state index contributed by atoms with van der Waals surface area (Å²) in [6, 6.07) is 0. The molecule has 0 bridgehead atoms. The first kappa shape index (κ1) is 8.87. The van der Waals surface area contributed by atoms with Gasteiger partial charge in [0.05, 0.1) is 10.6 Å². The molecule has 0 atom stereocenters. The Morgan fingerprint density at radius 2 is 2.15 bits per heavy atom. The Labute approximate surface area is 83.4 Å². The minimum Gasteiger partial charge on any atom is -0.392 e. The molecule has 0 aliphatic rings. The van der Waals surface area contributed by atoms with Gasteiger partial charge in [-0.25, -0.2) is 0 Å². The highest BCUT2D eigenvalue weighted by molar-refractivity contribution is 7.37.